The van der Waals surface area contributed by atoms with Crippen LogP contribution in [0.4, 0.5) is 5.69 Å². The smallest absolute Gasteiger partial charge is 0.251 e. The maximum Gasteiger partial charge on any atom is 0.251 e. The molecule has 0 saturated heterocycles. The molecule has 5 nitrogen and oxygen atoms in total. The van der Waals surface area contributed by atoms with Crippen molar-refractivity contribution < 1.29 is 9.59 Å². The zero-order chi connectivity index (χ0) is 18.1. The Hall–Kier alpha value is -2.53. The van der Waals surface area contributed by atoms with Crippen LogP contribution >= 0.6 is 11.6 Å². The molecule has 25 heavy (non-hydrogen) atoms. The molecule has 6 heteroatoms. The molecule has 2 N–H and O–H groups in total. The quantitative estimate of drug-likeness (QED) is 0.712. The van der Waals surface area contributed by atoms with Gasteiger partial charge in [-0.1, -0.05) is 35.9 Å². The molecule has 0 fully saturated rings. The summed E-state index contributed by atoms with van der Waals surface area (Å²) in [4.78, 5) is 25.8. The highest BCUT2D eigenvalue weighted by Gasteiger charge is 2.08. The van der Waals surface area contributed by atoms with Crippen LogP contribution in [0.25, 0.3) is 0 Å². The zero-order valence-corrected chi connectivity index (χ0v) is 14.9. The van der Waals surface area contributed by atoms with Crippen LogP contribution in [0, 0.1) is 0 Å². The van der Waals surface area contributed by atoms with E-state index < -0.39 is 0 Å². The summed E-state index contributed by atoms with van der Waals surface area (Å²) in [5.41, 5.74) is 1.58. The number of nitrogens with zero attached hydrogens (tertiary/aromatic N) is 1. The average molecular weight is 360 g/mol. The highest BCUT2D eigenvalue weighted by molar-refractivity contribution is 6.30. The third-order valence-electron chi connectivity index (χ3n) is 3.69. The Morgan fingerprint density at radius 1 is 1.04 bits per heavy atom. The molecule has 0 radical (unpaired) electrons. The van der Waals surface area contributed by atoms with E-state index >= 15 is 0 Å². The Bertz CT molecular complexity index is 707. The zero-order valence-electron chi connectivity index (χ0n) is 14.2. The normalized spacial score (nSPS) is 10.2. The van der Waals surface area contributed by atoms with Crippen molar-refractivity contribution in [2.45, 2.75) is 6.42 Å². The van der Waals surface area contributed by atoms with Gasteiger partial charge in [0.2, 0.25) is 5.91 Å². The summed E-state index contributed by atoms with van der Waals surface area (Å²) in [5.74, 6) is -0.529. The molecule has 132 valence electrons. The largest absolute Gasteiger partial charge is 0.375 e. The van der Waals surface area contributed by atoms with E-state index in [0.717, 1.165) is 18.7 Å². The van der Waals surface area contributed by atoms with Crippen LogP contribution in [-0.4, -0.2) is 38.5 Å². The lowest BCUT2D eigenvalue weighted by molar-refractivity contribution is -0.120. The van der Waals surface area contributed by atoms with E-state index in [1.165, 1.54) is 0 Å². The summed E-state index contributed by atoms with van der Waals surface area (Å²) in [6.07, 6.45) is 0.819. The van der Waals surface area contributed by atoms with Gasteiger partial charge in [0.15, 0.2) is 0 Å². The van der Waals surface area contributed by atoms with Crippen LogP contribution in [0.2, 0.25) is 5.02 Å². The third kappa shape index (κ3) is 6.47. The molecule has 0 bridgehead atoms. The van der Waals surface area contributed by atoms with Crippen molar-refractivity contribution in [2.24, 2.45) is 0 Å². The Kier molecular flexibility index (Phi) is 7.29. The first-order valence-corrected chi connectivity index (χ1v) is 8.50. The van der Waals surface area contributed by atoms with Crippen molar-refractivity contribution in [1.82, 2.24) is 10.6 Å². The molecule has 0 saturated carbocycles. The van der Waals surface area contributed by atoms with E-state index in [0.29, 0.717) is 17.1 Å². The number of amides is 2. The second-order valence-electron chi connectivity index (χ2n) is 5.65. The van der Waals surface area contributed by atoms with Crippen molar-refractivity contribution in [3.8, 4) is 0 Å². The first-order valence-electron chi connectivity index (χ1n) is 8.13. The summed E-state index contributed by atoms with van der Waals surface area (Å²) < 4.78 is 0. The van der Waals surface area contributed by atoms with Crippen molar-refractivity contribution >= 4 is 29.1 Å². The highest BCUT2D eigenvalue weighted by Crippen LogP contribution is 2.11. The number of hydrogen-bond acceptors (Lipinski definition) is 3. The maximum atomic E-state index is 11.9. The van der Waals surface area contributed by atoms with Crippen LogP contribution < -0.4 is 15.5 Å². The Morgan fingerprint density at radius 3 is 2.52 bits per heavy atom. The molecule has 2 aromatic carbocycles. The number of para-hydroxylation sites is 1. The summed E-state index contributed by atoms with van der Waals surface area (Å²) in [6.45, 7) is 1.34. The van der Waals surface area contributed by atoms with Crippen LogP contribution in [0.1, 0.15) is 16.8 Å². The van der Waals surface area contributed by atoms with E-state index in [1.807, 2.05) is 37.4 Å². The summed E-state index contributed by atoms with van der Waals surface area (Å²) in [5, 5.41) is 5.87. The van der Waals surface area contributed by atoms with Gasteiger partial charge in [0.05, 0.1) is 6.54 Å². The molecule has 0 aliphatic rings. The highest BCUT2D eigenvalue weighted by atomic mass is 35.5. The van der Waals surface area contributed by atoms with E-state index in [9.17, 15) is 9.59 Å². The van der Waals surface area contributed by atoms with Gasteiger partial charge in [-0.3, -0.25) is 9.59 Å². The van der Waals surface area contributed by atoms with Gasteiger partial charge in [-0.15, -0.1) is 0 Å². The molecule has 2 aromatic rings. The molecule has 2 rings (SSSR count). The van der Waals surface area contributed by atoms with Gasteiger partial charge in [-0.25, -0.2) is 0 Å². The Morgan fingerprint density at radius 2 is 1.80 bits per heavy atom. The van der Waals surface area contributed by atoms with Crippen LogP contribution in [0.15, 0.2) is 54.6 Å². The van der Waals surface area contributed by atoms with Gasteiger partial charge in [0.1, 0.15) is 0 Å². The number of carbonyl (C=O) groups excluding carboxylic acids is 2. The number of nitrogens with one attached hydrogen (secondary N) is 2. The second kappa shape index (κ2) is 9.69. The number of carbonyl (C=O) groups is 2. The first-order chi connectivity index (χ1) is 12.1. The van der Waals surface area contributed by atoms with Crippen molar-refractivity contribution in [3.05, 3.63) is 65.2 Å². The lowest BCUT2D eigenvalue weighted by atomic mass is 10.2. The predicted octanol–water partition coefficient (Wildman–Crippen LogP) is 2.71. The van der Waals surface area contributed by atoms with Crippen LogP contribution in [0.3, 0.4) is 0 Å². The lowest BCUT2D eigenvalue weighted by Gasteiger charge is -2.19. The van der Waals surface area contributed by atoms with Crippen LogP contribution in [0.5, 0.6) is 0 Å². The second-order valence-corrected chi connectivity index (χ2v) is 6.09. The van der Waals surface area contributed by atoms with E-state index in [4.69, 9.17) is 11.6 Å². The summed E-state index contributed by atoms with van der Waals surface area (Å²) in [7, 11) is 2.02. The van der Waals surface area contributed by atoms with Gasteiger partial charge in [0, 0.05) is 36.4 Å². The topological polar surface area (TPSA) is 61.4 Å². The summed E-state index contributed by atoms with van der Waals surface area (Å²) in [6, 6.07) is 16.7. The average Bonchev–Trinajstić information content (AvgIpc) is 2.63. The van der Waals surface area contributed by atoms with Gasteiger partial charge in [-0.2, -0.15) is 0 Å². The SMILES string of the molecule is CN(CCCNC(=O)CNC(=O)c1cccc(Cl)c1)c1ccccc1. The fourth-order valence-corrected chi connectivity index (χ4v) is 2.50. The van der Waals surface area contributed by atoms with E-state index in [1.54, 1.807) is 24.3 Å². The van der Waals surface area contributed by atoms with Crippen LogP contribution in [-0.2, 0) is 4.79 Å². The maximum absolute atomic E-state index is 11.9. The minimum Gasteiger partial charge on any atom is -0.375 e. The predicted molar refractivity (Wildman–Crippen MR) is 101 cm³/mol. The molecule has 0 aliphatic carbocycles. The van der Waals surface area contributed by atoms with Gasteiger partial charge in [0.25, 0.3) is 5.91 Å². The number of halogens is 1. The number of rotatable bonds is 8. The molecular weight excluding hydrogens is 338 g/mol. The molecule has 0 heterocycles. The number of benzene rings is 2. The Balaban J connectivity index is 1.63. The lowest BCUT2D eigenvalue weighted by Crippen LogP contribution is -2.38. The minimum absolute atomic E-state index is 0.0557. The molecule has 0 aromatic heterocycles. The van der Waals surface area contributed by atoms with Crippen molar-refractivity contribution in [3.63, 3.8) is 0 Å². The molecule has 0 spiro atoms. The molecule has 0 atom stereocenters. The fourth-order valence-electron chi connectivity index (χ4n) is 2.31. The van der Waals surface area contributed by atoms with E-state index in [-0.39, 0.29) is 18.4 Å². The van der Waals surface area contributed by atoms with E-state index in [2.05, 4.69) is 15.5 Å². The monoisotopic (exact) mass is 359 g/mol. The Labute approximate surface area is 153 Å². The number of hydrogen-bond donors (Lipinski definition) is 2. The molecular formula is C19H22ClN3O2. The van der Waals surface area contributed by atoms with Gasteiger partial charge in [-0.05, 0) is 36.8 Å². The molecule has 0 unspecified atom stereocenters. The third-order valence-corrected chi connectivity index (χ3v) is 3.92. The number of anilines is 1. The minimum atomic E-state index is -0.318. The molecule has 2 amide bonds. The molecule has 0 aliphatic heterocycles. The van der Waals surface area contributed by atoms with Gasteiger partial charge < -0.3 is 15.5 Å². The summed E-state index contributed by atoms with van der Waals surface area (Å²) >= 11 is 5.84. The fraction of sp³-hybridized carbons (Fsp3) is 0.263. The van der Waals surface area contributed by atoms with Crippen molar-refractivity contribution in [2.75, 3.05) is 31.6 Å². The van der Waals surface area contributed by atoms with Gasteiger partial charge >= 0.3 is 0 Å². The van der Waals surface area contributed by atoms with Crippen molar-refractivity contribution in [1.29, 1.82) is 0 Å². The first kappa shape index (κ1) is 18.8. The standard InChI is InChI=1S/C19H22ClN3O2/c1-23(17-9-3-2-4-10-17)12-6-11-21-18(24)14-22-19(25)15-7-5-8-16(20)13-15/h2-5,7-10,13H,6,11-12,14H2,1H3,(H,21,24)(H,22,25).